The summed E-state index contributed by atoms with van der Waals surface area (Å²) in [5.41, 5.74) is 0. The van der Waals surface area contributed by atoms with E-state index in [2.05, 4.69) is 10.1 Å². The van der Waals surface area contributed by atoms with Crippen LogP contribution in [0.4, 0.5) is 9.18 Å². The van der Waals surface area contributed by atoms with Crippen LogP contribution in [0.1, 0.15) is 20.8 Å². The van der Waals surface area contributed by atoms with Gasteiger partial charge in [-0.15, -0.1) is 0 Å². The maximum atomic E-state index is 13.0. The Balaban J connectivity index is 3.88. The van der Waals surface area contributed by atoms with Gasteiger partial charge >= 0.3 is 12.1 Å². The molecule has 0 bridgehead atoms. The summed E-state index contributed by atoms with van der Waals surface area (Å²) in [4.78, 5) is 39.5. The molecule has 0 saturated heterocycles. The van der Waals surface area contributed by atoms with Gasteiger partial charge in [-0.2, -0.15) is 0 Å². The number of esters is 1. The molecule has 1 amide bonds. The van der Waals surface area contributed by atoms with E-state index in [1.807, 2.05) is 0 Å². The van der Waals surface area contributed by atoms with E-state index in [0.29, 0.717) is 0 Å². The Morgan fingerprint density at radius 2 is 1.84 bits per heavy atom. The van der Waals surface area contributed by atoms with Gasteiger partial charge in [-0.1, -0.05) is 13.8 Å². The largest absolute Gasteiger partial charge is 0.425 e. The minimum atomic E-state index is -2.34. The summed E-state index contributed by atoms with van der Waals surface area (Å²) in [6.07, 6.45) is -4.07. The first-order chi connectivity index (χ1) is 8.72. The average molecular weight is 299 g/mol. The lowest BCUT2D eigenvalue weighted by Gasteiger charge is -2.16. The van der Waals surface area contributed by atoms with Gasteiger partial charge in [0.1, 0.15) is 6.17 Å². The maximum absolute atomic E-state index is 13.0. The zero-order valence-corrected chi connectivity index (χ0v) is 11.9. The number of ether oxygens (including phenoxy) is 2. The third-order valence-corrected chi connectivity index (χ3v) is 2.58. The monoisotopic (exact) mass is 299 g/mol. The Hall–Kier alpha value is -0.980. The second-order valence-corrected chi connectivity index (χ2v) is 5.21. The van der Waals surface area contributed by atoms with Crippen molar-refractivity contribution in [3.8, 4) is 0 Å². The lowest BCUT2D eigenvalue weighted by Crippen LogP contribution is -2.35. The van der Waals surface area contributed by atoms with Crippen LogP contribution in [0, 0.1) is 5.92 Å². The molecule has 0 radical (unpaired) electrons. The highest BCUT2D eigenvalue weighted by atomic mass is 31.2. The van der Waals surface area contributed by atoms with Gasteiger partial charge in [-0.25, -0.2) is 9.18 Å². The molecule has 2 atom stereocenters. The third kappa shape index (κ3) is 9.58. The Morgan fingerprint density at radius 1 is 1.26 bits per heavy atom. The zero-order chi connectivity index (χ0) is 15.0. The van der Waals surface area contributed by atoms with Crippen molar-refractivity contribution < 1.29 is 33.2 Å². The van der Waals surface area contributed by atoms with Gasteiger partial charge in [0.25, 0.3) is 0 Å². The van der Waals surface area contributed by atoms with E-state index in [4.69, 9.17) is 14.5 Å². The second kappa shape index (κ2) is 9.01. The minimum absolute atomic E-state index is 0.349. The molecule has 19 heavy (non-hydrogen) atoms. The molecular weight excluding hydrogens is 280 g/mol. The molecule has 0 aromatic carbocycles. The van der Waals surface area contributed by atoms with Gasteiger partial charge in [-0.05, 0) is 0 Å². The van der Waals surface area contributed by atoms with Crippen LogP contribution in [-0.2, 0) is 14.3 Å². The van der Waals surface area contributed by atoms with E-state index in [9.17, 15) is 14.0 Å². The summed E-state index contributed by atoms with van der Waals surface area (Å²) < 4.78 is 22.4. The van der Waals surface area contributed by atoms with Gasteiger partial charge < -0.3 is 24.6 Å². The van der Waals surface area contributed by atoms with Crippen LogP contribution in [0.15, 0.2) is 0 Å². The van der Waals surface area contributed by atoms with Crippen LogP contribution in [-0.4, -0.2) is 47.0 Å². The van der Waals surface area contributed by atoms with Crippen molar-refractivity contribution in [3.63, 3.8) is 0 Å². The number of alkyl carbamates (subject to hydrolysis) is 1. The summed E-state index contributed by atoms with van der Waals surface area (Å²) in [5.74, 6) is -0.868. The van der Waals surface area contributed by atoms with Gasteiger partial charge in [0.15, 0.2) is 8.38 Å². The van der Waals surface area contributed by atoms with Crippen LogP contribution in [0.3, 0.4) is 0 Å². The molecule has 112 valence electrons. The number of hydrogen-bond donors (Lipinski definition) is 3. The number of hydrogen-bond acceptors (Lipinski definition) is 6. The molecule has 0 aromatic rings. The minimum Gasteiger partial charge on any atom is -0.425 e. The molecule has 0 rings (SSSR count). The highest BCUT2D eigenvalue weighted by Gasteiger charge is 2.18. The maximum Gasteiger partial charge on any atom is 0.410 e. The quantitative estimate of drug-likeness (QED) is 0.366. The summed E-state index contributed by atoms with van der Waals surface area (Å²) in [6.45, 7) is 4.20. The fourth-order valence-electron chi connectivity index (χ4n) is 0.952. The summed E-state index contributed by atoms with van der Waals surface area (Å²) in [7, 11) is -2.34. The van der Waals surface area contributed by atoms with Crippen LogP contribution in [0.5, 0.6) is 0 Å². The van der Waals surface area contributed by atoms with E-state index < -0.39 is 45.6 Å². The van der Waals surface area contributed by atoms with Crippen LogP contribution >= 0.6 is 8.38 Å². The standard InChI is InChI=1S/C10H19FNO6P/c1-6(2)9(13)17-7(3)18-10(14)12-4-8(11)5-19(15)16/h6-8,15-16H,4-5H2,1-3H3,(H,12,14)/t7?,8-/m1/s1. The van der Waals surface area contributed by atoms with Gasteiger partial charge in [0.2, 0.25) is 6.29 Å². The van der Waals surface area contributed by atoms with Crippen molar-refractivity contribution in [1.29, 1.82) is 0 Å². The van der Waals surface area contributed by atoms with E-state index in [0.717, 1.165) is 0 Å². The Labute approximate surface area is 112 Å². The molecule has 7 nitrogen and oxygen atoms in total. The van der Waals surface area contributed by atoms with Gasteiger partial charge in [-0.3, -0.25) is 4.79 Å². The molecule has 0 saturated carbocycles. The van der Waals surface area contributed by atoms with E-state index in [1.165, 1.54) is 6.92 Å². The molecule has 0 spiro atoms. The zero-order valence-electron chi connectivity index (χ0n) is 11.0. The first-order valence-corrected chi connectivity index (χ1v) is 7.10. The Kier molecular flexibility index (Phi) is 8.54. The van der Waals surface area contributed by atoms with Crippen molar-refractivity contribution in [2.24, 2.45) is 5.92 Å². The molecule has 0 aliphatic heterocycles. The number of amides is 1. The van der Waals surface area contributed by atoms with Crippen molar-refractivity contribution >= 4 is 20.4 Å². The molecule has 9 heteroatoms. The van der Waals surface area contributed by atoms with Gasteiger partial charge in [0, 0.05) is 6.92 Å². The van der Waals surface area contributed by atoms with Crippen molar-refractivity contribution in [2.75, 3.05) is 12.7 Å². The second-order valence-electron chi connectivity index (χ2n) is 4.10. The first-order valence-electron chi connectivity index (χ1n) is 5.66. The fraction of sp³-hybridized carbons (Fsp3) is 0.800. The highest BCUT2D eigenvalue weighted by Crippen LogP contribution is 2.24. The molecule has 0 heterocycles. The summed E-state index contributed by atoms with van der Waals surface area (Å²) >= 11 is 0. The van der Waals surface area contributed by atoms with Crippen LogP contribution < -0.4 is 5.32 Å². The topological polar surface area (TPSA) is 105 Å². The number of carbonyl (C=O) groups is 2. The molecule has 0 aliphatic carbocycles. The van der Waals surface area contributed by atoms with E-state index in [-0.39, 0.29) is 5.92 Å². The first kappa shape index (κ1) is 18.0. The number of alkyl halides is 1. The van der Waals surface area contributed by atoms with Gasteiger partial charge in [0.05, 0.1) is 18.6 Å². The average Bonchev–Trinajstić information content (AvgIpc) is 2.24. The molecule has 1 unspecified atom stereocenters. The number of rotatable bonds is 7. The molecule has 0 aromatic heterocycles. The molecule has 0 aliphatic rings. The fourth-order valence-corrected chi connectivity index (χ4v) is 1.44. The molecule has 0 fully saturated rings. The summed E-state index contributed by atoms with van der Waals surface area (Å²) in [6, 6.07) is 0. The smallest absolute Gasteiger partial charge is 0.410 e. The normalized spacial score (nSPS) is 14.1. The molecular formula is C10H19FNO6P. The number of carbonyl (C=O) groups excluding carboxylic acids is 2. The Bertz CT molecular complexity index is 302. The third-order valence-electron chi connectivity index (χ3n) is 1.86. The van der Waals surface area contributed by atoms with Crippen LogP contribution in [0.2, 0.25) is 0 Å². The lowest BCUT2D eigenvalue weighted by atomic mass is 10.2. The lowest BCUT2D eigenvalue weighted by molar-refractivity contribution is -0.168. The highest BCUT2D eigenvalue weighted by molar-refractivity contribution is 7.45. The van der Waals surface area contributed by atoms with Crippen molar-refractivity contribution in [2.45, 2.75) is 33.2 Å². The summed E-state index contributed by atoms with van der Waals surface area (Å²) in [5, 5.41) is 2.08. The number of halogens is 1. The SMILES string of the molecule is CC(OC(=O)NC[C@@H](F)CP(O)O)OC(=O)C(C)C. The molecule has 3 N–H and O–H groups in total. The predicted molar refractivity (Wildman–Crippen MR) is 66.0 cm³/mol. The predicted octanol–water partition coefficient (Wildman–Crippen LogP) is 0.892. The van der Waals surface area contributed by atoms with Crippen molar-refractivity contribution in [1.82, 2.24) is 5.32 Å². The number of nitrogens with one attached hydrogen (secondary N) is 1. The van der Waals surface area contributed by atoms with E-state index in [1.54, 1.807) is 13.8 Å². The Morgan fingerprint density at radius 3 is 2.32 bits per heavy atom. The van der Waals surface area contributed by atoms with Crippen molar-refractivity contribution in [3.05, 3.63) is 0 Å². The van der Waals surface area contributed by atoms with E-state index >= 15 is 0 Å². The van der Waals surface area contributed by atoms with Crippen LogP contribution in [0.25, 0.3) is 0 Å².